The normalized spacial score (nSPS) is 15.5. The highest BCUT2D eigenvalue weighted by molar-refractivity contribution is 7.99. The number of hydrogen-bond donors (Lipinski definition) is 1. The van der Waals surface area contributed by atoms with Gasteiger partial charge in [0, 0.05) is 18.1 Å². The third-order valence-corrected chi connectivity index (χ3v) is 5.56. The molecule has 2 N–H and O–H groups in total. The summed E-state index contributed by atoms with van der Waals surface area (Å²) in [4.78, 5) is 30.6. The van der Waals surface area contributed by atoms with Gasteiger partial charge in [0.15, 0.2) is 11.3 Å². The first-order chi connectivity index (χ1) is 14.0. The van der Waals surface area contributed by atoms with Crippen LogP contribution in [-0.2, 0) is 9.59 Å². The van der Waals surface area contributed by atoms with Gasteiger partial charge in [0.05, 0.1) is 18.0 Å². The molecule has 1 aromatic heterocycles. The van der Waals surface area contributed by atoms with Crippen LogP contribution in [0.5, 0.6) is 5.75 Å². The van der Waals surface area contributed by atoms with Crippen LogP contribution in [-0.4, -0.2) is 39.8 Å². The van der Waals surface area contributed by atoms with Gasteiger partial charge in [0.2, 0.25) is 5.91 Å². The Morgan fingerprint density at radius 2 is 2.07 bits per heavy atom. The summed E-state index contributed by atoms with van der Waals surface area (Å²) in [6.07, 6.45) is 2.71. The van der Waals surface area contributed by atoms with Crippen molar-refractivity contribution in [2.45, 2.75) is 18.2 Å². The number of hydrogen-bond acceptors (Lipinski definition) is 5. The predicted octanol–water partition coefficient (Wildman–Crippen LogP) is 2.55. The number of carbonyl (C=O) groups is 2. The Labute approximate surface area is 172 Å². The Hall–Kier alpha value is -3.26. The lowest BCUT2D eigenvalue weighted by Gasteiger charge is -2.33. The fraction of sp³-hybridized carbons (Fsp3) is 0.190. The van der Waals surface area contributed by atoms with Crippen molar-refractivity contribution >= 4 is 29.3 Å². The topological polar surface area (TPSA) is 90.5 Å². The summed E-state index contributed by atoms with van der Waals surface area (Å²) >= 11 is 1.34. The number of aromatic nitrogens is 2. The number of nitrogens with zero attached hydrogens (tertiary/aromatic N) is 3. The SMILES string of the molecule is Cc1cccc(-n2ccnc2SCC(=O)N2C[C@H](C(N)=O)Oc3ccccc32)c1. The molecular formula is C21H20N4O3S. The van der Waals surface area contributed by atoms with Gasteiger partial charge in [0.1, 0.15) is 5.75 Å². The highest BCUT2D eigenvalue weighted by Gasteiger charge is 2.32. The second-order valence-electron chi connectivity index (χ2n) is 6.69. The lowest BCUT2D eigenvalue weighted by Crippen LogP contribution is -2.49. The fourth-order valence-corrected chi connectivity index (χ4v) is 4.04. The van der Waals surface area contributed by atoms with Gasteiger partial charge in [-0.15, -0.1) is 0 Å². The quantitative estimate of drug-likeness (QED) is 0.655. The molecule has 29 heavy (non-hydrogen) atoms. The molecule has 0 unspecified atom stereocenters. The minimum atomic E-state index is -0.867. The van der Waals surface area contributed by atoms with Crippen molar-refractivity contribution in [3.8, 4) is 11.4 Å². The van der Waals surface area contributed by atoms with Gasteiger partial charge in [-0.1, -0.05) is 36.0 Å². The highest BCUT2D eigenvalue weighted by Crippen LogP contribution is 2.34. The number of nitrogens with two attached hydrogens (primary N) is 1. The van der Waals surface area contributed by atoms with Crippen LogP contribution in [0, 0.1) is 6.92 Å². The van der Waals surface area contributed by atoms with E-state index in [-0.39, 0.29) is 18.2 Å². The Bertz CT molecular complexity index is 1070. The van der Waals surface area contributed by atoms with Crippen LogP contribution in [0.2, 0.25) is 0 Å². The van der Waals surface area contributed by atoms with Crippen molar-refractivity contribution in [3.05, 3.63) is 66.5 Å². The summed E-state index contributed by atoms with van der Waals surface area (Å²) in [7, 11) is 0. The molecule has 0 saturated heterocycles. The van der Waals surface area contributed by atoms with Crippen molar-refractivity contribution < 1.29 is 14.3 Å². The molecule has 2 heterocycles. The number of para-hydroxylation sites is 2. The van der Waals surface area contributed by atoms with E-state index in [9.17, 15) is 9.59 Å². The van der Waals surface area contributed by atoms with E-state index in [0.29, 0.717) is 11.4 Å². The van der Waals surface area contributed by atoms with E-state index in [0.717, 1.165) is 16.4 Å². The second-order valence-corrected chi connectivity index (χ2v) is 7.63. The van der Waals surface area contributed by atoms with Crippen LogP contribution in [0.25, 0.3) is 5.69 Å². The molecule has 2 amide bonds. The molecular weight excluding hydrogens is 388 g/mol. The molecule has 0 bridgehead atoms. The van der Waals surface area contributed by atoms with Gasteiger partial charge in [-0.2, -0.15) is 0 Å². The monoisotopic (exact) mass is 408 g/mol. The molecule has 148 valence electrons. The number of fused-ring (bicyclic) bond motifs is 1. The van der Waals surface area contributed by atoms with Crippen molar-refractivity contribution in [2.75, 3.05) is 17.2 Å². The molecule has 3 aromatic rings. The standard InChI is InChI=1S/C21H20N4O3S/c1-14-5-4-6-15(11-14)24-10-9-23-21(24)29-13-19(26)25-12-18(20(22)27)28-17-8-3-2-7-16(17)25/h2-11,18H,12-13H2,1H3,(H2,22,27)/t18-/m1/s1. The van der Waals surface area contributed by atoms with E-state index in [1.54, 1.807) is 29.3 Å². The average molecular weight is 408 g/mol. The zero-order valence-corrected chi connectivity index (χ0v) is 16.6. The molecule has 0 saturated carbocycles. The number of benzene rings is 2. The lowest BCUT2D eigenvalue weighted by atomic mass is 10.2. The van der Waals surface area contributed by atoms with E-state index < -0.39 is 12.0 Å². The first-order valence-electron chi connectivity index (χ1n) is 9.11. The minimum absolute atomic E-state index is 0.0953. The van der Waals surface area contributed by atoms with Crippen LogP contribution >= 0.6 is 11.8 Å². The van der Waals surface area contributed by atoms with Crippen LogP contribution < -0.4 is 15.4 Å². The van der Waals surface area contributed by atoms with E-state index >= 15 is 0 Å². The van der Waals surface area contributed by atoms with Gasteiger partial charge in [-0.05, 0) is 36.8 Å². The van der Waals surface area contributed by atoms with Crippen molar-refractivity contribution in [3.63, 3.8) is 0 Å². The predicted molar refractivity (Wildman–Crippen MR) is 111 cm³/mol. The van der Waals surface area contributed by atoms with Gasteiger partial charge in [-0.3, -0.25) is 14.2 Å². The second kappa shape index (κ2) is 8.00. The minimum Gasteiger partial charge on any atom is -0.477 e. The van der Waals surface area contributed by atoms with Crippen LogP contribution in [0.3, 0.4) is 0 Å². The first-order valence-corrected chi connectivity index (χ1v) is 10.1. The number of rotatable bonds is 5. The number of anilines is 1. The average Bonchev–Trinajstić information content (AvgIpc) is 3.19. The third kappa shape index (κ3) is 3.97. The zero-order chi connectivity index (χ0) is 20.4. The summed E-state index contributed by atoms with van der Waals surface area (Å²) in [5.41, 5.74) is 8.18. The fourth-order valence-electron chi connectivity index (χ4n) is 3.19. The van der Waals surface area contributed by atoms with Crippen molar-refractivity contribution in [1.29, 1.82) is 0 Å². The Morgan fingerprint density at radius 1 is 1.24 bits per heavy atom. The number of thioether (sulfide) groups is 1. The van der Waals surface area contributed by atoms with E-state index in [1.165, 1.54) is 11.8 Å². The largest absolute Gasteiger partial charge is 0.477 e. The maximum absolute atomic E-state index is 13.0. The van der Waals surface area contributed by atoms with Crippen molar-refractivity contribution in [1.82, 2.24) is 9.55 Å². The molecule has 2 aromatic carbocycles. The zero-order valence-electron chi connectivity index (χ0n) is 15.8. The van der Waals surface area contributed by atoms with Crippen molar-refractivity contribution in [2.24, 2.45) is 5.73 Å². The van der Waals surface area contributed by atoms with Crippen LogP contribution in [0.1, 0.15) is 5.56 Å². The molecule has 1 aliphatic rings. The summed E-state index contributed by atoms with van der Waals surface area (Å²) in [6, 6.07) is 15.2. The maximum atomic E-state index is 13.0. The van der Waals surface area contributed by atoms with E-state index in [2.05, 4.69) is 11.1 Å². The van der Waals surface area contributed by atoms with Gasteiger partial charge < -0.3 is 15.4 Å². The maximum Gasteiger partial charge on any atom is 0.260 e. The molecule has 0 spiro atoms. The molecule has 8 heteroatoms. The number of carbonyl (C=O) groups excluding carboxylic acids is 2. The van der Waals surface area contributed by atoms with E-state index in [1.807, 2.05) is 42.0 Å². The number of primary amides is 1. The molecule has 0 fully saturated rings. The molecule has 0 radical (unpaired) electrons. The van der Waals surface area contributed by atoms with Gasteiger partial charge in [0.25, 0.3) is 5.91 Å². The first kappa shape index (κ1) is 19.1. The molecule has 0 aliphatic carbocycles. The number of imidazole rings is 1. The molecule has 7 nitrogen and oxygen atoms in total. The Morgan fingerprint density at radius 3 is 2.86 bits per heavy atom. The molecule has 4 rings (SSSR count). The van der Waals surface area contributed by atoms with Gasteiger partial charge in [-0.25, -0.2) is 4.98 Å². The Kier molecular flexibility index (Phi) is 5.26. The highest BCUT2D eigenvalue weighted by atomic mass is 32.2. The van der Waals surface area contributed by atoms with E-state index in [4.69, 9.17) is 10.5 Å². The Balaban J connectivity index is 1.52. The summed E-state index contributed by atoms with van der Waals surface area (Å²) in [5.74, 6) is -0.0965. The molecule has 1 aliphatic heterocycles. The summed E-state index contributed by atoms with van der Waals surface area (Å²) in [5, 5.41) is 0.719. The summed E-state index contributed by atoms with van der Waals surface area (Å²) < 4.78 is 7.57. The number of amides is 2. The summed E-state index contributed by atoms with van der Waals surface area (Å²) in [6.45, 7) is 2.12. The van der Waals surface area contributed by atoms with Gasteiger partial charge >= 0.3 is 0 Å². The number of aryl methyl sites for hydroxylation is 1. The third-order valence-electron chi connectivity index (χ3n) is 4.60. The van der Waals surface area contributed by atoms with Crippen LogP contribution in [0.4, 0.5) is 5.69 Å². The van der Waals surface area contributed by atoms with Crippen LogP contribution in [0.15, 0.2) is 66.1 Å². The number of ether oxygens (including phenoxy) is 1. The molecule has 1 atom stereocenters. The lowest BCUT2D eigenvalue weighted by molar-refractivity contribution is -0.125. The smallest absolute Gasteiger partial charge is 0.260 e.